The molecule has 34 heavy (non-hydrogen) atoms. The molecule has 0 aliphatic heterocycles. The van der Waals surface area contributed by atoms with E-state index in [4.69, 9.17) is 28.9 Å². The third kappa shape index (κ3) is 5.92. The molecule has 0 atom stereocenters. The largest absolute Gasteiger partial charge is 0.406 e. The number of imidazole rings is 1. The SMILES string of the molecule is CC(C)(C)C(=O)NCc1ccc(Cl)c(Nc2nc3cc(C(N)=O)c(Cl)cc3n2CC(F)(F)F)c1. The fourth-order valence-corrected chi connectivity index (χ4v) is 3.53. The standard InChI is InChI=1S/C22H22Cl2F3N5O2/c1-21(2,3)19(34)29-9-11-4-5-13(23)15(6-11)30-20-31-16-7-12(18(28)33)14(24)8-17(16)32(20)10-22(25,26)27/h4-8H,9-10H2,1-3H3,(H2,28,33)(H,29,34)(H,30,31). The summed E-state index contributed by atoms with van der Waals surface area (Å²) in [6, 6.07) is 7.29. The minimum atomic E-state index is -4.57. The van der Waals surface area contributed by atoms with Crippen LogP contribution in [0.4, 0.5) is 24.8 Å². The molecule has 0 saturated carbocycles. The van der Waals surface area contributed by atoms with E-state index in [1.165, 1.54) is 12.1 Å². The van der Waals surface area contributed by atoms with Crippen molar-refractivity contribution in [3.8, 4) is 0 Å². The monoisotopic (exact) mass is 515 g/mol. The number of carbonyl (C=O) groups excluding carboxylic acids is 2. The zero-order chi connectivity index (χ0) is 25.4. The van der Waals surface area contributed by atoms with Gasteiger partial charge in [-0.3, -0.25) is 9.59 Å². The van der Waals surface area contributed by atoms with Crippen LogP contribution in [0.15, 0.2) is 30.3 Å². The van der Waals surface area contributed by atoms with Crippen molar-refractivity contribution in [1.29, 1.82) is 0 Å². The zero-order valence-electron chi connectivity index (χ0n) is 18.5. The van der Waals surface area contributed by atoms with Gasteiger partial charge in [0.25, 0.3) is 0 Å². The second kappa shape index (κ2) is 9.34. The molecule has 3 rings (SSSR count). The Kier molecular flexibility index (Phi) is 7.05. The molecule has 0 spiro atoms. The summed E-state index contributed by atoms with van der Waals surface area (Å²) in [6.45, 7) is 4.16. The molecule has 1 aromatic heterocycles. The van der Waals surface area contributed by atoms with Crippen LogP contribution in [-0.4, -0.2) is 27.5 Å². The lowest BCUT2D eigenvalue weighted by Crippen LogP contribution is -2.34. The molecule has 0 aliphatic rings. The van der Waals surface area contributed by atoms with Gasteiger partial charge in [0.2, 0.25) is 17.8 Å². The van der Waals surface area contributed by atoms with E-state index in [-0.39, 0.29) is 50.7 Å². The molecule has 7 nitrogen and oxygen atoms in total. The third-order valence-corrected chi connectivity index (χ3v) is 5.49. The van der Waals surface area contributed by atoms with E-state index >= 15 is 0 Å². The minimum Gasteiger partial charge on any atom is -0.366 e. The van der Waals surface area contributed by atoms with Gasteiger partial charge in [-0.25, -0.2) is 4.98 Å². The van der Waals surface area contributed by atoms with Gasteiger partial charge in [-0.2, -0.15) is 13.2 Å². The summed E-state index contributed by atoms with van der Waals surface area (Å²) in [5.41, 5.74) is 5.74. The summed E-state index contributed by atoms with van der Waals surface area (Å²) < 4.78 is 40.9. The number of amides is 2. The van der Waals surface area contributed by atoms with Crippen LogP contribution in [0.25, 0.3) is 11.0 Å². The van der Waals surface area contributed by atoms with Crippen LogP contribution in [-0.2, 0) is 17.9 Å². The number of aromatic nitrogens is 2. The Morgan fingerprint density at radius 3 is 2.35 bits per heavy atom. The Morgan fingerprint density at radius 1 is 1.09 bits per heavy atom. The van der Waals surface area contributed by atoms with Crippen molar-refractivity contribution in [2.24, 2.45) is 11.1 Å². The molecule has 2 amide bonds. The Labute approximate surface area is 203 Å². The molecule has 3 aromatic rings. The second-order valence-corrected chi connectivity index (χ2v) is 9.51. The molecular weight excluding hydrogens is 494 g/mol. The minimum absolute atomic E-state index is 0.0551. The molecule has 0 bridgehead atoms. The van der Waals surface area contributed by atoms with E-state index in [0.29, 0.717) is 5.56 Å². The fourth-order valence-electron chi connectivity index (χ4n) is 3.12. The van der Waals surface area contributed by atoms with E-state index in [1.807, 2.05) is 0 Å². The van der Waals surface area contributed by atoms with Gasteiger partial charge in [0.15, 0.2) is 0 Å². The summed E-state index contributed by atoms with van der Waals surface area (Å²) in [6.07, 6.45) is -4.57. The van der Waals surface area contributed by atoms with E-state index in [9.17, 15) is 22.8 Å². The number of benzene rings is 2. The maximum atomic E-state index is 13.3. The number of nitrogens with one attached hydrogen (secondary N) is 2. The smallest absolute Gasteiger partial charge is 0.366 e. The number of fused-ring (bicyclic) bond motifs is 1. The van der Waals surface area contributed by atoms with Gasteiger partial charge in [0.1, 0.15) is 6.54 Å². The molecule has 0 radical (unpaired) electrons. The number of primary amides is 1. The summed E-state index contributed by atoms with van der Waals surface area (Å²) in [7, 11) is 0. The molecular formula is C22H22Cl2F3N5O2. The van der Waals surface area contributed by atoms with Gasteiger partial charge in [-0.05, 0) is 29.8 Å². The predicted molar refractivity (Wildman–Crippen MR) is 125 cm³/mol. The van der Waals surface area contributed by atoms with Crippen LogP contribution in [0, 0.1) is 5.41 Å². The highest BCUT2D eigenvalue weighted by atomic mass is 35.5. The number of carbonyl (C=O) groups is 2. The number of halogens is 5. The highest BCUT2D eigenvalue weighted by Gasteiger charge is 2.31. The number of nitrogens with two attached hydrogens (primary N) is 1. The molecule has 1 heterocycles. The molecule has 0 fully saturated rings. The average Bonchev–Trinajstić information content (AvgIpc) is 3.01. The highest BCUT2D eigenvalue weighted by molar-refractivity contribution is 6.34. The van der Waals surface area contributed by atoms with Gasteiger partial charge in [-0.1, -0.05) is 50.0 Å². The molecule has 2 aromatic carbocycles. The molecule has 182 valence electrons. The molecule has 0 aliphatic carbocycles. The quantitative estimate of drug-likeness (QED) is 0.408. The van der Waals surface area contributed by atoms with E-state index in [2.05, 4.69) is 15.6 Å². The highest BCUT2D eigenvalue weighted by Crippen LogP contribution is 2.33. The Morgan fingerprint density at radius 2 is 1.76 bits per heavy atom. The number of nitrogens with zero attached hydrogens (tertiary/aromatic N) is 2. The van der Waals surface area contributed by atoms with Crippen molar-refractivity contribution < 1.29 is 22.8 Å². The number of hydrogen-bond donors (Lipinski definition) is 3. The Hall–Kier alpha value is -2.98. The lowest BCUT2D eigenvalue weighted by Gasteiger charge is -2.18. The van der Waals surface area contributed by atoms with E-state index in [1.54, 1.807) is 39.0 Å². The van der Waals surface area contributed by atoms with Gasteiger partial charge in [0, 0.05) is 12.0 Å². The lowest BCUT2D eigenvalue weighted by atomic mass is 9.95. The topological polar surface area (TPSA) is 102 Å². The van der Waals surface area contributed by atoms with Gasteiger partial charge in [-0.15, -0.1) is 0 Å². The molecule has 12 heteroatoms. The zero-order valence-corrected chi connectivity index (χ0v) is 20.0. The summed E-state index contributed by atoms with van der Waals surface area (Å²) in [5, 5.41) is 5.76. The van der Waals surface area contributed by atoms with Crippen molar-refractivity contribution in [2.45, 2.75) is 40.0 Å². The number of alkyl halides is 3. The van der Waals surface area contributed by atoms with E-state index < -0.39 is 24.0 Å². The first-order valence-electron chi connectivity index (χ1n) is 10.1. The summed E-state index contributed by atoms with van der Waals surface area (Å²) in [5.74, 6) is -1.16. The predicted octanol–water partition coefficient (Wildman–Crippen LogP) is 5.41. The Balaban J connectivity index is 2.01. The summed E-state index contributed by atoms with van der Waals surface area (Å²) in [4.78, 5) is 27.9. The maximum Gasteiger partial charge on any atom is 0.406 e. The molecule has 0 saturated heterocycles. The van der Waals surface area contributed by atoms with Crippen molar-refractivity contribution in [2.75, 3.05) is 5.32 Å². The first-order valence-corrected chi connectivity index (χ1v) is 10.8. The normalized spacial score (nSPS) is 12.1. The maximum absolute atomic E-state index is 13.3. The molecule has 4 N–H and O–H groups in total. The van der Waals surface area contributed by atoms with E-state index in [0.717, 1.165) is 4.57 Å². The van der Waals surface area contributed by atoms with Crippen molar-refractivity contribution in [3.63, 3.8) is 0 Å². The number of hydrogen-bond acceptors (Lipinski definition) is 4. The molecule has 0 unspecified atom stereocenters. The van der Waals surface area contributed by atoms with Crippen molar-refractivity contribution in [3.05, 3.63) is 51.5 Å². The van der Waals surface area contributed by atoms with Crippen LogP contribution >= 0.6 is 23.2 Å². The first-order chi connectivity index (χ1) is 15.7. The second-order valence-electron chi connectivity index (χ2n) is 8.69. The van der Waals surface area contributed by atoms with Crippen LogP contribution in [0.5, 0.6) is 0 Å². The number of anilines is 2. The van der Waals surface area contributed by atoms with Crippen LogP contribution in [0.2, 0.25) is 10.0 Å². The third-order valence-electron chi connectivity index (χ3n) is 4.85. The van der Waals surface area contributed by atoms with Crippen LogP contribution in [0.3, 0.4) is 0 Å². The van der Waals surface area contributed by atoms with Crippen molar-refractivity contribution in [1.82, 2.24) is 14.9 Å². The van der Waals surface area contributed by atoms with Gasteiger partial charge in [0.05, 0.1) is 32.3 Å². The first kappa shape index (κ1) is 25.6. The lowest BCUT2D eigenvalue weighted by molar-refractivity contribution is -0.139. The van der Waals surface area contributed by atoms with Crippen LogP contribution < -0.4 is 16.4 Å². The average molecular weight is 516 g/mol. The summed E-state index contributed by atoms with van der Waals surface area (Å²) >= 11 is 12.3. The van der Waals surface area contributed by atoms with Gasteiger partial charge < -0.3 is 20.9 Å². The fraction of sp³-hybridized carbons (Fsp3) is 0.318. The van der Waals surface area contributed by atoms with Crippen LogP contribution in [0.1, 0.15) is 36.7 Å². The van der Waals surface area contributed by atoms with Gasteiger partial charge >= 0.3 is 6.18 Å². The Bertz CT molecular complexity index is 1270. The van der Waals surface area contributed by atoms with Crippen molar-refractivity contribution >= 4 is 57.7 Å². The number of rotatable bonds is 6.